The summed E-state index contributed by atoms with van der Waals surface area (Å²) < 4.78 is 5.34. The quantitative estimate of drug-likeness (QED) is 0.591. The van der Waals surface area contributed by atoms with Crippen LogP contribution in [0.4, 0.5) is 0 Å². The molecule has 1 aliphatic rings. The normalized spacial score (nSPS) is 14.1. The van der Waals surface area contributed by atoms with E-state index >= 15 is 0 Å². The number of hydrogen-bond acceptors (Lipinski definition) is 4. The van der Waals surface area contributed by atoms with E-state index in [4.69, 9.17) is 4.52 Å². The van der Waals surface area contributed by atoms with Gasteiger partial charge in [0.05, 0.1) is 12.2 Å². The molecule has 7 nitrogen and oxygen atoms in total. The smallest absolute Gasteiger partial charge is 0.244 e. The SMILES string of the molecule is CCNC(=NCC(=O)N1CCc2ccccc2C1)NCc1cc(C(C)C)no1. The molecule has 0 fully saturated rings. The van der Waals surface area contributed by atoms with Crippen molar-refractivity contribution in [2.45, 2.75) is 46.2 Å². The number of aliphatic imine (C=N–C) groups is 1. The Labute approximate surface area is 166 Å². The highest BCUT2D eigenvalue weighted by Crippen LogP contribution is 2.18. The van der Waals surface area contributed by atoms with Crippen molar-refractivity contribution in [1.82, 2.24) is 20.7 Å². The topological polar surface area (TPSA) is 82.8 Å². The third-order valence-corrected chi connectivity index (χ3v) is 4.80. The molecular formula is C21H29N5O2. The molecule has 7 heteroatoms. The fourth-order valence-electron chi connectivity index (χ4n) is 3.15. The van der Waals surface area contributed by atoms with Crippen LogP contribution in [-0.2, 0) is 24.3 Å². The van der Waals surface area contributed by atoms with Gasteiger partial charge in [-0.15, -0.1) is 0 Å². The fourth-order valence-corrected chi connectivity index (χ4v) is 3.15. The van der Waals surface area contributed by atoms with E-state index in [1.165, 1.54) is 11.1 Å². The summed E-state index contributed by atoms with van der Waals surface area (Å²) in [7, 11) is 0. The molecule has 0 saturated heterocycles. The maximum Gasteiger partial charge on any atom is 0.244 e. The molecule has 0 radical (unpaired) electrons. The summed E-state index contributed by atoms with van der Waals surface area (Å²) in [6.45, 7) is 8.84. The first-order valence-electron chi connectivity index (χ1n) is 9.89. The van der Waals surface area contributed by atoms with Crippen LogP contribution in [0.5, 0.6) is 0 Å². The second kappa shape index (κ2) is 9.39. The van der Waals surface area contributed by atoms with Gasteiger partial charge in [-0.25, -0.2) is 4.99 Å². The van der Waals surface area contributed by atoms with E-state index in [1.54, 1.807) is 0 Å². The second-order valence-corrected chi connectivity index (χ2v) is 7.26. The summed E-state index contributed by atoms with van der Waals surface area (Å²) in [4.78, 5) is 18.9. The molecule has 3 rings (SSSR count). The van der Waals surface area contributed by atoms with Crippen LogP contribution in [0.1, 0.15) is 49.3 Å². The van der Waals surface area contributed by atoms with E-state index in [1.807, 2.05) is 30.0 Å². The zero-order chi connectivity index (χ0) is 19.9. The molecule has 150 valence electrons. The molecule has 2 heterocycles. The number of carbonyl (C=O) groups is 1. The Bertz CT molecular complexity index is 828. The van der Waals surface area contributed by atoms with Gasteiger partial charge in [0.15, 0.2) is 11.7 Å². The van der Waals surface area contributed by atoms with Crippen molar-refractivity contribution in [2.24, 2.45) is 4.99 Å². The number of amides is 1. The third kappa shape index (κ3) is 5.12. The zero-order valence-corrected chi connectivity index (χ0v) is 16.9. The molecule has 0 bridgehead atoms. The Morgan fingerprint density at radius 3 is 2.79 bits per heavy atom. The summed E-state index contributed by atoms with van der Waals surface area (Å²) in [6, 6.07) is 10.2. The molecule has 0 aliphatic carbocycles. The molecule has 1 aliphatic heterocycles. The van der Waals surface area contributed by atoms with Crippen LogP contribution in [0.25, 0.3) is 0 Å². The largest absolute Gasteiger partial charge is 0.359 e. The van der Waals surface area contributed by atoms with Crippen molar-refractivity contribution in [1.29, 1.82) is 0 Å². The minimum Gasteiger partial charge on any atom is -0.359 e. The summed E-state index contributed by atoms with van der Waals surface area (Å²) >= 11 is 0. The van der Waals surface area contributed by atoms with Crippen molar-refractivity contribution in [2.75, 3.05) is 19.6 Å². The number of fused-ring (bicyclic) bond motifs is 1. The van der Waals surface area contributed by atoms with Crippen LogP contribution in [0.3, 0.4) is 0 Å². The monoisotopic (exact) mass is 383 g/mol. The Hall–Kier alpha value is -2.83. The lowest BCUT2D eigenvalue weighted by Gasteiger charge is -2.28. The van der Waals surface area contributed by atoms with E-state index in [2.05, 4.69) is 46.8 Å². The predicted octanol–water partition coefficient (Wildman–Crippen LogP) is 2.44. The van der Waals surface area contributed by atoms with Crippen LogP contribution in [0.2, 0.25) is 0 Å². The van der Waals surface area contributed by atoms with Crippen LogP contribution >= 0.6 is 0 Å². The lowest BCUT2D eigenvalue weighted by Crippen LogP contribution is -2.40. The number of hydrogen-bond donors (Lipinski definition) is 2. The summed E-state index contributed by atoms with van der Waals surface area (Å²) in [5.74, 6) is 1.70. The summed E-state index contributed by atoms with van der Waals surface area (Å²) in [6.07, 6.45) is 0.896. The minimum atomic E-state index is 0.0356. The number of nitrogens with zero attached hydrogens (tertiary/aromatic N) is 3. The van der Waals surface area contributed by atoms with E-state index < -0.39 is 0 Å². The first kappa shape index (κ1) is 19.9. The lowest BCUT2D eigenvalue weighted by atomic mass is 10.00. The molecule has 0 saturated carbocycles. The van der Waals surface area contributed by atoms with Gasteiger partial charge in [0.2, 0.25) is 5.91 Å². The average Bonchev–Trinajstić information content (AvgIpc) is 3.19. The Kier molecular flexibility index (Phi) is 6.68. The lowest BCUT2D eigenvalue weighted by molar-refractivity contribution is -0.130. The molecule has 2 N–H and O–H groups in total. The van der Waals surface area contributed by atoms with Crippen molar-refractivity contribution in [3.63, 3.8) is 0 Å². The zero-order valence-electron chi connectivity index (χ0n) is 16.9. The fraction of sp³-hybridized carbons (Fsp3) is 0.476. The number of benzene rings is 1. The van der Waals surface area contributed by atoms with Crippen LogP contribution < -0.4 is 10.6 Å². The number of guanidine groups is 1. The highest BCUT2D eigenvalue weighted by molar-refractivity contribution is 5.85. The van der Waals surface area contributed by atoms with Gasteiger partial charge in [0, 0.05) is 25.7 Å². The molecular weight excluding hydrogens is 354 g/mol. The Morgan fingerprint density at radius 1 is 1.29 bits per heavy atom. The van der Waals surface area contributed by atoms with E-state index in [0.717, 1.165) is 24.4 Å². The van der Waals surface area contributed by atoms with Gasteiger partial charge in [-0.2, -0.15) is 0 Å². The summed E-state index contributed by atoms with van der Waals surface area (Å²) in [5.41, 5.74) is 3.49. The van der Waals surface area contributed by atoms with Crippen LogP contribution in [0.15, 0.2) is 39.8 Å². The number of nitrogens with one attached hydrogen (secondary N) is 2. The maximum absolute atomic E-state index is 12.6. The first-order chi connectivity index (χ1) is 13.6. The minimum absolute atomic E-state index is 0.0356. The average molecular weight is 383 g/mol. The van der Waals surface area contributed by atoms with Crippen molar-refractivity contribution >= 4 is 11.9 Å². The molecule has 0 atom stereocenters. The standard InChI is InChI=1S/C21H29N5O2/c1-4-22-21(23-12-18-11-19(15(2)3)25-28-18)24-13-20(27)26-10-9-16-7-5-6-8-17(16)14-26/h5-8,11,15H,4,9-10,12-14H2,1-3H3,(H2,22,23,24). The van der Waals surface area contributed by atoms with Crippen molar-refractivity contribution < 1.29 is 9.32 Å². The van der Waals surface area contributed by atoms with Crippen molar-refractivity contribution in [3.8, 4) is 0 Å². The summed E-state index contributed by atoms with van der Waals surface area (Å²) in [5, 5.41) is 10.4. The number of rotatable bonds is 6. The van der Waals surface area contributed by atoms with Gasteiger partial charge in [-0.3, -0.25) is 4.79 Å². The second-order valence-electron chi connectivity index (χ2n) is 7.26. The number of carbonyl (C=O) groups excluding carboxylic acids is 1. The Morgan fingerprint density at radius 2 is 2.07 bits per heavy atom. The Balaban J connectivity index is 1.55. The van der Waals surface area contributed by atoms with Gasteiger partial charge in [0.25, 0.3) is 0 Å². The molecule has 0 spiro atoms. The highest BCUT2D eigenvalue weighted by Gasteiger charge is 2.20. The van der Waals surface area contributed by atoms with Gasteiger partial charge in [0.1, 0.15) is 6.54 Å². The molecule has 1 aromatic carbocycles. The van der Waals surface area contributed by atoms with E-state index in [9.17, 15) is 4.79 Å². The molecule has 2 aromatic rings. The van der Waals surface area contributed by atoms with Crippen LogP contribution in [0, 0.1) is 0 Å². The van der Waals surface area contributed by atoms with E-state index in [0.29, 0.717) is 31.5 Å². The molecule has 0 unspecified atom stereocenters. The highest BCUT2D eigenvalue weighted by atomic mass is 16.5. The maximum atomic E-state index is 12.6. The van der Waals surface area contributed by atoms with Gasteiger partial charge >= 0.3 is 0 Å². The van der Waals surface area contributed by atoms with Crippen molar-refractivity contribution in [3.05, 3.63) is 52.9 Å². The van der Waals surface area contributed by atoms with Crippen LogP contribution in [-0.4, -0.2) is 41.6 Å². The van der Waals surface area contributed by atoms with Gasteiger partial charge in [-0.1, -0.05) is 43.3 Å². The van der Waals surface area contributed by atoms with Gasteiger partial charge < -0.3 is 20.1 Å². The predicted molar refractivity (Wildman–Crippen MR) is 109 cm³/mol. The first-order valence-corrected chi connectivity index (χ1v) is 9.89. The van der Waals surface area contributed by atoms with E-state index in [-0.39, 0.29) is 12.5 Å². The van der Waals surface area contributed by atoms with Gasteiger partial charge in [-0.05, 0) is 30.4 Å². The molecule has 28 heavy (non-hydrogen) atoms. The number of aromatic nitrogens is 1. The third-order valence-electron chi connectivity index (χ3n) is 4.80. The molecule has 1 aromatic heterocycles. The molecule has 1 amide bonds.